The molecule has 0 fully saturated rings. The van der Waals surface area contributed by atoms with E-state index in [1.165, 1.54) is 12.3 Å². The van der Waals surface area contributed by atoms with Crippen molar-refractivity contribution in [2.45, 2.75) is 0 Å². The molecule has 0 unspecified atom stereocenters. The first-order chi connectivity index (χ1) is 5.61. The highest BCUT2D eigenvalue weighted by Gasteiger charge is 2.10. The fraction of sp³-hybridized carbons (Fsp3) is 0. The van der Waals surface area contributed by atoms with Crippen LogP contribution in [0.3, 0.4) is 0 Å². The molecule has 0 aromatic carbocycles. The van der Waals surface area contributed by atoms with E-state index in [1.54, 1.807) is 0 Å². The van der Waals surface area contributed by atoms with Crippen LogP contribution < -0.4 is 17.2 Å². The Labute approximate surface area is 68.0 Å². The first-order valence-electron chi connectivity index (χ1n) is 3.08. The molecule has 0 spiro atoms. The van der Waals surface area contributed by atoms with E-state index in [1.807, 2.05) is 0 Å². The Hall–Kier alpha value is -1.98. The summed E-state index contributed by atoms with van der Waals surface area (Å²) >= 11 is 0. The van der Waals surface area contributed by atoms with Gasteiger partial charge in [-0.25, -0.2) is 4.99 Å². The third kappa shape index (κ3) is 1.54. The number of carbonyl (C=O) groups is 1. The third-order valence-corrected chi connectivity index (χ3v) is 1.12. The van der Waals surface area contributed by atoms with Crippen molar-refractivity contribution >= 4 is 17.6 Å². The maximum absolute atomic E-state index is 10.6. The molecule has 1 amide bonds. The van der Waals surface area contributed by atoms with Crippen LogP contribution in [0.15, 0.2) is 21.7 Å². The Morgan fingerprint density at radius 1 is 1.42 bits per heavy atom. The molecule has 64 valence electrons. The van der Waals surface area contributed by atoms with E-state index < -0.39 is 5.91 Å². The summed E-state index contributed by atoms with van der Waals surface area (Å²) in [6.45, 7) is 0. The van der Waals surface area contributed by atoms with Gasteiger partial charge in [0.2, 0.25) is 5.76 Å². The van der Waals surface area contributed by atoms with Crippen molar-refractivity contribution in [1.29, 1.82) is 0 Å². The lowest BCUT2D eigenvalue weighted by atomic mass is 10.4. The van der Waals surface area contributed by atoms with Crippen LogP contribution in [0.5, 0.6) is 0 Å². The van der Waals surface area contributed by atoms with E-state index in [2.05, 4.69) is 4.99 Å². The number of guanidine groups is 1. The highest BCUT2D eigenvalue weighted by Crippen LogP contribution is 2.18. The van der Waals surface area contributed by atoms with Gasteiger partial charge in [0.05, 0.1) is 6.26 Å². The number of primary amides is 1. The zero-order valence-electron chi connectivity index (χ0n) is 6.15. The Kier molecular flexibility index (Phi) is 2.00. The normalized spacial score (nSPS) is 9.33. The zero-order chi connectivity index (χ0) is 9.14. The van der Waals surface area contributed by atoms with Gasteiger partial charge in [-0.15, -0.1) is 0 Å². The molecule has 0 aliphatic heterocycles. The molecular formula is C6H8N4O2. The smallest absolute Gasteiger partial charge is 0.286 e. The van der Waals surface area contributed by atoms with E-state index in [4.69, 9.17) is 21.6 Å². The van der Waals surface area contributed by atoms with Crippen LogP contribution in [0.1, 0.15) is 10.6 Å². The van der Waals surface area contributed by atoms with Crippen molar-refractivity contribution in [2.75, 3.05) is 0 Å². The largest absolute Gasteiger partial charge is 0.457 e. The van der Waals surface area contributed by atoms with Crippen molar-refractivity contribution < 1.29 is 9.21 Å². The summed E-state index contributed by atoms with van der Waals surface area (Å²) < 4.78 is 4.73. The maximum Gasteiger partial charge on any atom is 0.286 e. The second kappa shape index (κ2) is 2.95. The number of amides is 1. The monoisotopic (exact) mass is 168 g/mol. The van der Waals surface area contributed by atoms with Crippen LogP contribution in [0.4, 0.5) is 5.69 Å². The van der Waals surface area contributed by atoms with Crippen molar-refractivity contribution in [3.05, 3.63) is 18.1 Å². The van der Waals surface area contributed by atoms with Gasteiger partial charge in [-0.3, -0.25) is 4.79 Å². The molecule has 1 heterocycles. The molecular weight excluding hydrogens is 160 g/mol. The number of nitrogens with two attached hydrogens (primary N) is 3. The number of hydrogen-bond donors (Lipinski definition) is 3. The molecule has 1 aromatic rings. The molecule has 0 bridgehead atoms. The van der Waals surface area contributed by atoms with Gasteiger partial charge in [0.1, 0.15) is 5.69 Å². The Morgan fingerprint density at radius 2 is 2.08 bits per heavy atom. The molecule has 6 heteroatoms. The molecule has 0 saturated heterocycles. The van der Waals surface area contributed by atoms with Gasteiger partial charge in [0.15, 0.2) is 5.96 Å². The van der Waals surface area contributed by atoms with Gasteiger partial charge >= 0.3 is 0 Å². The van der Waals surface area contributed by atoms with Gasteiger partial charge < -0.3 is 21.6 Å². The number of furan rings is 1. The predicted molar refractivity (Wildman–Crippen MR) is 42.7 cm³/mol. The van der Waals surface area contributed by atoms with Gasteiger partial charge in [-0.05, 0) is 0 Å². The van der Waals surface area contributed by atoms with Crippen LogP contribution >= 0.6 is 0 Å². The minimum absolute atomic E-state index is 0.0524. The van der Waals surface area contributed by atoms with E-state index >= 15 is 0 Å². The second-order valence-corrected chi connectivity index (χ2v) is 2.04. The molecule has 0 aliphatic rings. The number of carbonyl (C=O) groups excluding carboxylic acids is 1. The molecule has 0 aliphatic carbocycles. The molecule has 0 radical (unpaired) electrons. The topological polar surface area (TPSA) is 121 Å². The summed E-state index contributed by atoms with van der Waals surface area (Å²) in [7, 11) is 0. The number of aliphatic imine (C=N–C) groups is 1. The molecule has 6 N–H and O–H groups in total. The van der Waals surface area contributed by atoms with Gasteiger partial charge in [-0.2, -0.15) is 0 Å². The lowest BCUT2D eigenvalue weighted by Gasteiger charge is -1.91. The SMILES string of the molecule is NC(=O)c1occc1N=C(N)N. The average Bonchev–Trinajstić information content (AvgIpc) is 2.33. The zero-order valence-corrected chi connectivity index (χ0v) is 6.15. The molecule has 6 nitrogen and oxygen atoms in total. The van der Waals surface area contributed by atoms with Gasteiger partial charge in [-0.1, -0.05) is 0 Å². The van der Waals surface area contributed by atoms with Crippen LogP contribution in [0.2, 0.25) is 0 Å². The fourth-order valence-corrected chi connectivity index (χ4v) is 0.714. The third-order valence-electron chi connectivity index (χ3n) is 1.12. The lowest BCUT2D eigenvalue weighted by molar-refractivity contribution is 0.0975. The summed E-state index contributed by atoms with van der Waals surface area (Å²) in [6.07, 6.45) is 1.28. The molecule has 0 saturated carbocycles. The van der Waals surface area contributed by atoms with Crippen molar-refractivity contribution in [1.82, 2.24) is 0 Å². The lowest BCUT2D eigenvalue weighted by Crippen LogP contribution is -2.22. The number of nitrogens with zero attached hydrogens (tertiary/aromatic N) is 1. The average molecular weight is 168 g/mol. The Morgan fingerprint density at radius 3 is 2.58 bits per heavy atom. The van der Waals surface area contributed by atoms with Crippen LogP contribution in [0, 0.1) is 0 Å². The minimum Gasteiger partial charge on any atom is -0.457 e. The molecule has 1 rings (SSSR count). The van der Waals surface area contributed by atoms with E-state index in [9.17, 15) is 4.79 Å². The maximum atomic E-state index is 10.6. The van der Waals surface area contributed by atoms with Crippen LogP contribution in [-0.2, 0) is 0 Å². The highest BCUT2D eigenvalue weighted by molar-refractivity contribution is 5.96. The quantitative estimate of drug-likeness (QED) is 0.398. The summed E-state index contributed by atoms with van der Waals surface area (Å²) in [5, 5.41) is 0. The summed E-state index contributed by atoms with van der Waals surface area (Å²) in [6, 6.07) is 1.44. The first kappa shape index (κ1) is 8.12. The Bertz CT molecular complexity index is 324. The van der Waals surface area contributed by atoms with Crippen LogP contribution in [0.25, 0.3) is 0 Å². The summed E-state index contributed by atoms with van der Waals surface area (Å²) in [5.74, 6) is -0.915. The summed E-state index contributed by atoms with van der Waals surface area (Å²) in [4.78, 5) is 14.3. The van der Waals surface area contributed by atoms with E-state index in [-0.39, 0.29) is 17.4 Å². The van der Waals surface area contributed by atoms with Gasteiger partial charge in [0, 0.05) is 6.07 Å². The van der Waals surface area contributed by atoms with Crippen molar-refractivity contribution in [3.63, 3.8) is 0 Å². The van der Waals surface area contributed by atoms with E-state index in [0.29, 0.717) is 0 Å². The number of hydrogen-bond acceptors (Lipinski definition) is 3. The highest BCUT2D eigenvalue weighted by atomic mass is 16.3. The molecule has 12 heavy (non-hydrogen) atoms. The molecule has 0 atom stereocenters. The van der Waals surface area contributed by atoms with Gasteiger partial charge in [0.25, 0.3) is 5.91 Å². The van der Waals surface area contributed by atoms with Crippen molar-refractivity contribution in [3.8, 4) is 0 Å². The predicted octanol–water partition coefficient (Wildman–Crippen LogP) is -0.717. The number of rotatable bonds is 2. The van der Waals surface area contributed by atoms with Crippen molar-refractivity contribution in [2.24, 2.45) is 22.2 Å². The minimum atomic E-state index is -0.708. The Balaban J connectivity index is 3.08. The molecule has 1 aromatic heterocycles. The summed E-state index contributed by atoms with van der Waals surface area (Å²) in [5.41, 5.74) is 15.4. The first-order valence-corrected chi connectivity index (χ1v) is 3.08. The standard InChI is InChI=1S/C6H8N4O2/c7-5(11)4-3(1-2-12-4)10-6(8)9/h1-2H,(H2,7,11)(H4,8,9,10). The fourth-order valence-electron chi connectivity index (χ4n) is 0.714. The van der Waals surface area contributed by atoms with E-state index in [0.717, 1.165) is 0 Å². The van der Waals surface area contributed by atoms with Crippen LogP contribution in [-0.4, -0.2) is 11.9 Å². The second-order valence-electron chi connectivity index (χ2n) is 2.04.